The maximum absolute atomic E-state index is 12.9. The SMILES string of the molecule is Fc1ccc(CCNCC2CNC2)cc1Cl. The summed E-state index contributed by atoms with van der Waals surface area (Å²) in [6.07, 6.45) is 0.889. The maximum Gasteiger partial charge on any atom is 0.141 e. The number of halogens is 2. The molecule has 4 heteroatoms. The van der Waals surface area contributed by atoms with E-state index < -0.39 is 0 Å². The van der Waals surface area contributed by atoms with Crippen LogP contribution in [0.2, 0.25) is 5.02 Å². The Hall–Kier alpha value is -0.640. The summed E-state index contributed by atoms with van der Waals surface area (Å²) in [7, 11) is 0. The Morgan fingerprint density at radius 3 is 2.88 bits per heavy atom. The lowest BCUT2D eigenvalue weighted by atomic mass is 10.0. The van der Waals surface area contributed by atoms with Gasteiger partial charge in [0.25, 0.3) is 0 Å². The van der Waals surface area contributed by atoms with Crippen LogP contribution in [0.25, 0.3) is 0 Å². The molecule has 1 heterocycles. The Kier molecular flexibility index (Phi) is 4.16. The van der Waals surface area contributed by atoms with E-state index in [2.05, 4.69) is 10.6 Å². The third-order valence-electron chi connectivity index (χ3n) is 2.87. The molecule has 1 aromatic rings. The van der Waals surface area contributed by atoms with E-state index in [0.717, 1.165) is 44.1 Å². The van der Waals surface area contributed by atoms with Crippen LogP contribution in [0.15, 0.2) is 18.2 Å². The van der Waals surface area contributed by atoms with Gasteiger partial charge in [0.15, 0.2) is 0 Å². The molecule has 1 fully saturated rings. The van der Waals surface area contributed by atoms with Gasteiger partial charge in [-0.15, -0.1) is 0 Å². The number of nitrogens with one attached hydrogen (secondary N) is 2. The molecule has 0 aromatic heterocycles. The minimum atomic E-state index is -0.348. The molecule has 16 heavy (non-hydrogen) atoms. The Morgan fingerprint density at radius 1 is 1.44 bits per heavy atom. The van der Waals surface area contributed by atoms with E-state index >= 15 is 0 Å². The van der Waals surface area contributed by atoms with Crippen molar-refractivity contribution in [1.29, 1.82) is 0 Å². The fourth-order valence-electron chi connectivity index (χ4n) is 1.73. The predicted molar refractivity (Wildman–Crippen MR) is 64.3 cm³/mol. The van der Waals surface area contributed by atoms with E-state index in [1.54, 1.807) is 12.1 Å². The number of hydrogen-bond donors (Lipinski definition) is 2. The molecule has 1 aliphatic rings. The summed E-state index contributed by atoms with van der Waals surface area (Å²) < 4.78 is 12.9. The topological polar surface area (TPSA) is 24.1 Å². The Morgan fingerprint density at radius 2 is 2.25 bits per heavy atom. The smallest absolute Gasteiger partial charge is 0.141 e. The van der Waals surface area contributed by atoms with E-state index in [-0.39, 0.29) is 10.8 Å². The lowest BCUT2D eigenvalue weighted by molar-refractivity contribution is 0.333. The Bertz CT molecular complexity index is 353. The molecular formula is C12H16ClFN2. The molecule has 1 aromatic carbocycles. The highest BCUT2D eigenvalue weighted by atomic mass is 35.5. The zero-order chi connectivity index (χ0) is 11.4. The van der Waals surface area contributed by atoms with E-state index in [9.17, 15) is 4.39 Å². The van der Waals surface area contributed by atoms with Crippen LogP contribution in [-0.4, -0.2) is 26.2 Å². The third kappa shape index (κ3) is 3.17. The summed E-state index contributed by atoms with van der Waals surface area (Å²) in [5.41, 5.74) is 1.07. The molecule has 1 saturated heterocycles. The van der Waals surface area contributed by atoms with Crippen LogP contribution >= 0.6 is 11.6 Å². The van der Waals surface area contributed by atoms with Crippen molar-refractivity contribution >= 4 is 11.6 Å². The summed E-state index contributed by atoms with van der Waals surface area (Å²) in [5, 5.41) is 6.84. The standard InChI is InChI=1S/C12H16ClFN2/c13-11-5-9(1-2-12(11)14)3-4-15-6-10-7-16-8-10/h1-2,5,10,15-16H,3-4,6-8H2. The first-order chi connectivity index (χ1) is 7.75. The van der Waals surface area contributed by atoms with Crippen molar-refractivity contribution in [3.8, 4) is 0 Å². The number of hydrogen-bond acceptors (Lipinski definition) is 2. The molecule has 0 amide bonds. The van der Waals surface area contributed by atoms with Crippen LogP contribution in [0.1, 0.15) is 5.56 Å². The number of benzene rings is 1. The van der Waals surface area contributed by atoms with Crippen LogP contribution in [0, 0.1) is 11.7 Å². The van der Waals surface area contributed by atoms with Crippen molar-refractivity contribution in [2.75, 3.05) is 26.2 Å². The second-order valence-electron chi connectivity index (χ2n) is 4.23. The molecule has 0 atom stereocenters. The lowest BCUT2D eigenvalue weighted by Gasteiger charge is -2.27. The van der Waals surface area contributed by atoms with Gasteiger partial charge in [-0.05, 0) is 36.6 Å². The third-order valence-corrected chi connectivity index (χ3v) is 3.16. The van der Waals surface area contributed by atoms with Gasteiger partial charge in [0, 0.05) is 19.6 Å². The first-order valence-electron chi connectivity index (χ1n) is 5.61. The van der Waals surface area contributed by atoms with Crippen LogP contribution in [0.4, 0.5) is 4.39 Å². The zero-order valence-corrected chi connectivity index (χ0v) is 9.86. The van der Waals surface area contributed by atoms with Crippen molar-refractivity contribution in [1.82, 2.24) is 10.6 Å². The van der Waals surface area contributed by atoms with Gasteiger partial charge in [0.1, 0.15) is 5.82 Å². The van der Waals surface area contributed by atoms with Crippen LogP contribution in [0.3, 0.4) is 0 Å². The van der Waals surface area contributed by atoms with Crippen LogP contribution in [-0.2, 0) is 6.42 Å². The molecule has 2 nitrogen and oxygen atoms in total. The van der Waals surface area contributed by atoms with Gasteiger partial charge in [-0.25, -0.2) is 4.39 Å². The molecule has 2 rings (SSSR count). The molecule has 0 spiro atoms. The first kappa shape index (κ1) is 11.8. The average molecular weight is 243 g/mol. The highest BCUT2D eigenvalue weighted by molar-refractivity contribution is 6.30. The summed E-state index contributed by atoms with van der Waals surface area (Å²) in [6, 6.07) is 4.91. The highest BCUT2D eigenvalue weighted by Gasteiger charge is 2.15. The maximum atomic E-state index is 12.9. The average Bonchev–Trinajstić information content (AvgIpc) is 2.20. The molecular weight excluding hydrogens is 227 g/mol. The van der Waals surface area contributed by atoms with Crippen molar-refractivity contribution in [2.45, 2.75) is 6.42 Å². The molecule has 2 N–H and O–H groups in total. The van der Waals surface area contributed by atoms with Crippen molar-refractivity contribution in [2.24, 2.45) is 5.92 Å². The summed E-state index contributed by atoms with van der Waals surface area (Å²) in [6.45, 7) is 4.21. The summed E-state index contributed by atoms with van der Waals surface area (Å²) >= 11 is 5.70. The minimum absolute atomic E-state index is 0.209. The van der Waals surface area contributed by atoms with E-state index in [1.807, 2.05) is 0 Å². The second-order valence-corrected chi connectivity index (χ2v) is 4.63. The van der Waals surface area contributed by atoms with Gasteiger partial charge in [0.2, 0.25) is 0 Å². The Balaban J connectivity index is 1.69. The Labute approximate surface area is 100 Å². The molecule has 88 valence electrons. The molecule has 0 aliphatic carbocycles. The minimum Gasteiger partial charge on any atom is -0.316 e. The molecule has 0 unspecified atom stereocenters. The monoisotopic (exact) mass is 242 g/mol. The van der Waals surface area contributed by atoms with E-state index in [4.69, 9.17) is 11.6 Å². The largest absolute Gasteiger partial charge is 0.316 e. The molecule has 0 radical (unpaired) electrons. The summed E-state index contributed by atoms with van der Waals surface area (Å²) in [4.78, 5) is 0. The van der Waals surface area contributed by atoms with Crippen molar-refractivity contribution in [3.05, 3.63) is 34.6 Å². The van der Waals surface area contributed by atoms with Crippen molar-refractivity contribution < 1.29 is 4.39 Å². The van der Waals surface area contributed by atoms with Gasteiger partial charge in [-0.1, -0.05) is 17.7 Å². The fourth-order valence-corrected chi connectivity index (χ4v) is 1.93. The lowest BCUT2D eigenvalue weighted by Crippen LogP contribution is -2.47. The first-order valence-corrected chi connectivity index (χ1v) is 5.99. The zero-order valence-electron chi connectivity index (χ0n) is 9.10. The quantitative estimate of drug-likeness (QED) is 0.770. The van der Waals surface area contributed by atoms with Gasteiger partial charge < -0.3 is 10.6 Å². The second kappa shape index (κ2) is 5.62. The van der Waals surface area contributed by atoms with E-state index in [1.165, 1.54) is 6.07 Å². The summed E-state index contributed by atoms with van der Waals surface area (Å²) in [5.74, 6) is 0.427. The predicted octanol–water partition coefficient (Wildman–Crippen LogP) is 1.83. The van der Waals surface area contributed by atoms with Crippen molar-refractivity contribution in [3.63, 3.8) is 0 Å². The van der Waals surface area contributed by atoms with Crippen LogP contribution < -0.4 is 10.6 Å². The molecule has 1 aliphatic heterocycles. The molecule has 0 saturated carbocycles. The van der Waals surface area contributed by atoms with E-state index in [0.29, 0.717) is 0 Å². The van der Waals surface area contributed by atoms with Crippen LogP contribution in [0.5, 0.6) is 0 Å². The highest BCUT2D eigenvalue weighted by Crippen LogP contribution is 2.16. The van der Waals surface area contributed by atoms with Gasteiger partial charge in [-0.3, -0.25) is 0 Å². The number of rotatable bonds is 5. The normalized spacial score (nSPS) is 16.1. The fraction of sp³-hybridized carbons (Fsp3) is 0.500. The van der Waals surface area contributed by atoms with Gasteiger partial charge in [0.05, 0.1) is 5.02 Å². The van der Waals surface area contributed by atoms with Gasteiger partial charge >= 0.3 is 0 Å². The van der Waals surface area contributed by atoms with Gasteiger partial charge in [-0.2, -0.15) is 0 Å². The molecule has 0 bridgehead atoms.